The smallest absolute Gasteiger partial charge is 0.238 e. The van der Waals surface area contributed by atoms with Gasteiger partial charge in [-0.15, -0.1) is 11.3 Å². The Balaban J connectivity index is 1.62. The number of nitrogens with zero attached hydrogens (tertiary/aromatic N) is 2. The molecule has 2 aromatic carbocycles. The Kier molecular flexibility index (Phi) is 4.95. The molecule has 3 aromatic rings. The lowest BCUT2D eigenvalue weighted by Gasteiger charge is -2.37. The second-order valence-corrected chi connectivity index (χ2v) is 8.09. The third-order valence-electron chi connectivity index (χ3n) is 4.20. The number of thiazole rings is 1. The summed E-state index contributed by atoms with van der Waals surface area (Å²) in [7, 11) is 0. The van der Waals surface area contributed by atoms with E-state index in [1.807, 2.05) is 71.8 Å². The zero-order chi connectivity index (χ0) is 17.9. The van der Waals surface area contributed by atoms with E-state index in [1.54, 1.807) is 11.3 Å². The van der Waals surface area contributed by atoms with E-state index in [1.165, 1.54) is 11.8 Å². The number of hydrogen-bond donors (Lipinski definition) is 0. The predicted molar refractivity (Wildman–Crippen MR) is 106 cm³/mol. The van der Waals surface area contributed by atoms with Gasteiger partial charge in [0.25, 0.3) is 0 Å². The number of benzene rings is 2. The third kappa shape index (κ3) is 3.48. The van der Waals surface area contributed by atoms with Crippen LogP contribution in [-0.4, -0.2) is 23.3 Å². The number of anilines is 1. The second kappa shape index (κ2) is 7.51. The number of rotatable bonds is 4. The van der Waals surface area contributed by atoms with Gasteiger partial charge in [-0.05, 0) is 24.6 Å². The molecule has 0 radical (unpaired) electrons. The maximum atomic E-state index is 13.2. The van der Waals surface area contributed by atoms with Crippen molar-refractivity contribution >= 4 is 34.7 Å². The Hall–Kier alpha value is -2.31. The van der Waals surface area contributed by atoms with E-state index in [0.717, 1.165) is 27.0 Å². The summed E-state index contributed by atoms with van der Waals surface area (Å²) in [6.07, 6.45) is 0. The normalized spacial score (nSPS) is 16.0. The van der Waals surface area contributed by atoms with Crippen molar-refractivity contribution in [1.82, 2.24) is 4.98 Å². The van der Waals surface area contributed by atoms with Crippen LogP contribution in [0.1, 0.15) is 17.3 Å². The number of carbonyl (C=O) groups excluding carboxylic acids is 1. The topological polar surface area (TPSA) is 42.4 Å². The highest BCUT2D eigenvalue weighted by Gasteiger charge is 2.33. The van der Waals surface area contributed by atoms with Crippen LogP contribution in [0.15, 0.2) is 64.3 Å². The lowest BCUT2D eigenvalue weighted by atomic mass is 10.0. The van der Waals surface area contributed by atoms with Crippen molar-refractivity contribution in [2.45, 2.75) is 17.3 Å². The summed E-state index contributed by atoms with van der Waals surface area (Å²) in [6, 6.07) is 17.6. The van der Waals surface area contributed by atoms with E-state index in [0.29, 0.717) is 12.4 Å². The van der Waals surface area contributed by atoms with Crippen molar-refractivity contribution in [1.29, 1.82) is 0 Å². The monoisotopic (exact) mass is 382 g/mol. The Morgan fingerprint density at radius 1 is 1.23 bits per heavy atom. The van der Waals surface area contributed by atoms with E-state index < -0.39 is 0 Å². The molecule has 0 fully saturated rings. The minimum atomic E-state index is -0.128. The number of amides is 1. The first-order valence-electron chi connectivity index (χ1n) is 8.36. The lowest BCUT2D eigenvalue weighted by molar-refractivity contribution is -0.117. The van der Waals surface area contributed by atoms with Crippen LogP contribution in [0.4, 0.5) is 5.69 Å². The van der Waals surface area contributed by atoms with Crippen molar-refractivity contribution in [3.05, 3.63) is 71.2 Å². The van der Waals surface area contributed by atoms with Crippen molar-refractivity contribution in [2.75, 3.05) is 17.3 Å². The van der Waals surface area contributed by atoms with Gasteiger partial charge in [-0.3, -0.25) is 9.69 Å². The quantitative estimate of drug-likeness (QED) is 0.613. The van der Waals surface area contributed by atoms with Crippen molar-refractivity contribution < 1.29 is 9.53 Å². The van der Waals surface area contributed by atoms with Crippen molar-refractivity contribution in [2.24, 2.45) is 0 Å². The van der Waals surface area contributed by atoms with Gasteiger partial charge in [0.15, 0.2) is 4.34 Å². The first-order valence-corrected chi connectivity index (χ1v) is 10.2. The highest BCUT2D eigenvalue weighted by molar-refractivity contribution is 8.01. The number of aromatic nitrogens is 1. The minimum absolute atomic E-state index is 0.0625. The largest absolute Gasteiger partial charge is 0.489 e. The second-order valence-electron chi connectivity index (χ2n) is 6.01. The number of para-hydroxylation sites is 2. The van der Waals surface area contributed by atoms with Gasteiger partial charge in [0.2, 0.25) is 5.91 Å². The number of carbonyl (C=O) groups is 1. The van der Waals surface area contributed by atoms with Crippen molar-refractivity contribution in [3.63, 3.8) is 0 Å². The third-order valence-corrected chi connectivity index (χ3v) is 6.33. The predicted octanol–water partition coefficient (Wildman–Crippen LogP) is 4.71. The van der Waals surface area contributed by atoms with Crippen LogP contribution < -0.4 is 9.64 Å². The highest BCUT2D eigenvalue weighted by Crippen LogP contribution is 2.39. The van der Waals surface area contributed by atoms with E-state index in [9.17, 15) is 4.79 Å². The molecule has 6 heteroatoms. The van der Waals surface area contributed by atoms with E-state index >= 15 is 0 Å². The van der Waals surface area contributed by atoms with Gasteiger partial charge in [-0.2, -0.15) is 0 Å². The highest BCUT2D eigenvalue weighted by atomic mass is 32.2. The number of ether oxygens (including phenoxy) is 1. The van der Waals surface area contributed by atoms with Crippen LogP contribution in [0.3, 0.4) is 0 Å². The number of aryl methyl sites for hydroxylation is 1. The van der Waals surface area contributed by atoms with Crippen LogP contribution >= 0.6 is 23.1 Å². The molecule has 1 amide bonds. The molecule has 0 bridgehead atoms. The van der Waals surface area contributed by atoms with Crippen LogP contribution in [0.25, 0.3) is 0 Å². The molecule has 132 valence electrons. The average molecular weight is 383 g/mol. The summed E-state index contributed by atoms with van der Waals surface area (Å²) >= 11 is 3.07. The van der Waals surface area contributed by atoms with E-state index in [2.05, 4.69) is 4.98 Å². The van der Waals surface area contributed by atoms with Crippen LogP contribution in [-0.2, 0) is 4.79 Å². The molecule has 0 aliphatic carbocycles. The summed E-state index contributed by atoms with van der Waals surface area (Å²) < 4.78 is 6.85. The molecular weight excluding hydrogens is 364 g/mol. The fraction of sp³-hybridized carbons (Fsp3) is 0.200. The zero-order valence-corrected chi connectivity index (χ0v) is 15.9. The molecule has 1 aliphatic heterocycles. The maximum absolute atomic E-state index is 13.2. The van der Waals surface area contributed by atoms with Gasteiger partial charge in [0.05, 0.1) is 17.5 Å². The SMILES string of the molecule is Cc1csc(SCC(=O)N2c3ccccc3OC[C@H]2c2ccccc2)n1. The van der Waals surface area contributed by atoms with E-state index in [4.69, 9.17) is 4.74 Å². The zero-order valence-electron chi connectivity index (χ0n) is 14.3. The van der Waals surface area contributed by atoms with Gasteiger partial charge < -0.3 is 4.74 Å². The lowest BCUT2D eigenvalue weighted by Crippen LogP contribution is -2.42. The molecule has 4 rings (SSSR count). The van der Waals surface area contributed by atoms with Crippen molar-refractivity contribution in [3.8, 4) is 5.75 Å². The minimum Gasteiger partial charge on any atom is -0.489 e. The fourth-order valence-electron chi connectivity index (χ4n) is 3.01. The van der Waals surface area contributed by atoms with Gasteiger partial charge >= 0.3 is 0 Å². The Morgan fingerprint density at radius 3 is 2.77 bits per heavy atom. The molecule has 4 nitrogen and oxygen atoms in total. The Morgan fingerprint density at radius 2 is 2.00 bits per heavy atom. The summed E-state index contributed by atoms with van der Waals surface area (Å²) in [6.45, 7) is 2.42. The van der Waals surface area contributed by atoms with Crippen LogP contribution in [0, 0.1) is 6.92 Å². The standard InChI is InChI=1S/C20H18N2O2S2/c1-14-12-25-20(21-14)26-13-19(23)22-16-9-5-6-10-18(16)24-11-17(22)15-7-3-2-4-8-15/h2-10,12,17H,11,13H2,1H3/t17-/m0/s1. The fourth-order valence-corrected chi connectivity index (χ4v) is 4.72. The molecule has 0 saturated carbocycles. The van der Waals surface area contributed by atoms with Gasteiger partial charge in [0, 0.05) is 11.1 Å². The van der Waals surface area contributed by atoms with Gasteiger partial charge in [0.1, 0.15) is 12.4 Å². The maximum Gasteiger partial charge on any atom is 0.238 e. The molecule has 0 N–H and O–H groups in total. The first-order chi connectivity index (χ1) is 12.7. The summed E-state index contributed by atoms with van der Waals surface area (Å²) in [4.78, 5) is 19.5. The Bertz CT molecular complexity index is 911. The van der Waals surface area contributed by atoms with Gasteiger partial charge in [-0.1, -0.05) is 54.2 Å². The van der Waals surface area contributed by atoms with Crippen LogP contribution in [0.2, 0.25) is 0 Å². The molecule has 1 aliphatic rings. The van der Waals surface area contributed by atoms with Gasteiger partial charge in [-0.25, -0.2) is 4.98 Å². The molecule has 26 heavy (non-hydrogen) atoms. The van der Waals surface area contributed by atoms with Crippen LogP contribution in [0.5, 0.6) is 5.75 Å². The molecule has 0 saturated heterocycles. The molecule has 1 aromatic heterocycles. The first kappa shape index (κ1) is 17.1. The Labute approximate surface area is 160 Å². The molecule has 1 atom stereocenters. The average Bonchev–Trinajstić information content (AvgIpc) is 3.11. The number of thioether (sulfide) groups is 1. The number of hydrogen-bond acceptors (Lipinski definition) is 5. The summed E-state index contributed by atoms with van der Waals surface area (Å²) in [5.41, 5.74) is 2.89. The molecule has 0 spiro atoms. The summed E-state index contributed by atoms with van der Waals surface area (Å²) in [5.74, 6) is 1.17. The summed E-state index contributed by atoms with van der Waals surface area (Å²) in [5, 5.41) is 2.00. The molecule has 0 unspecified atom stereocenters. The van der Waals surface area contributed by atoms with E-state index in [-0.39, 0.29) is 11.9 Å². The number of fused-ring (bicyclic) bond motifs is 1. The molecule has 2 heterocycles. The molecular formula is C20H18N2O2S2.